The maximum absolute atomic E-state index is 11.0. The molecule has 1 aliphatic rings. The minimum absolute atomic E-state index is 0. The van der Waals surface area contributed by atoms with Gasteiger partial charge in [0.2, 0.25) is 0 Å². The maximum atomic E-state index is 11.0. The molecular formula is C12H12NNaO4S. The van der Waals surface area contributed by atoms with Crippen molar-refractivity contribution < 1.29 is 49.3 Å². The zero-order valence-electron chi connectivity index (χ0n) is 11.0. The minimum Gasteiger partial charge on any atom is -0.547 e. The summed E-state index contributed by atoms with van der Waals surface area (Å²) < 4.78 is 5.00. The van der Waals surface area contributed by atoms with Gasteiger partial charge in [-0.3, -0.25) is 4.99 Å². The number of carboxylic acid groups (broad SMARTS) is 1. The first-order valence-corrected chi connectivity index (χ1v) is 6.27. The number of carbonyl (C=O) groups excluding carboxylic acids is 1. The Labute approximate surface area is 137 Å². The number of carbonyl (C=O) groups is 1. The molecule has 0 amide bonds. The Morgan fingerprint density at radius 1 is 1.58 bits per heavy atom. The number of hydrogen-bond donors (Lipinski definition) is 1. The van der Waals surface area contributed by atoms with E-state index in [1.165, 1.54) is 25.8 Å². The standard InChI is InChI=1S/C12H13NO4S.Na/c1-12(11(15)16)6-18-10(13-12)7-4-3-5-8(17-2)9(7)14;/h3-5,14H,6H2,1-2H3,(H,15,16);/q;+1/p-1/t12-;/m1./s1. The van der Waals surface area contributed by atoms with Gasteiger partial charge in [-0.2, -0.15) is 0 Å². The van der Waals surface area contributed by atoms with Crippen molar-refractivity contribution in [2.75, 3.05) is 12.9 Å². The van der Waals surface area contributed by atoms with Gasteiger partial charge in [0.1, 0.15) is 10.6 Å². The molecule has 1 aromatic carbocycles. The summed E-state index contributed by atoms with van der Waals surface area (Å²) in [6.45, 7) is 1.50. The van der Waals surface area contributed by atoms with Crippen LogP contribution in [0.25, 0.3) is 0 Å². The van der Waals surface area contributed by atoms with Crippen molar-refractivity contribution in [2.45, 2.75) is 12.5 Å². The largest absolute Gasteiger partial charge is 1.00 e. The molecular weight excluding hydrogens is 277 g/mol. The van der Waals surface area contributed by atoms with E-state index in [0.29, 0.717) is 22.1 Å². The summed E-state index contributed by atoms with van der Waals surface area (Å²) >= 11 is 1.28. The summed E-state index contributed by atoms with van der Waals surface area (Å²) in [4.78, 5) is 15.1. The second-order valence-corrected chi connectivity index (χ2v) is 5.09. The molecule has 1 aliphatic heterocycles. The summed E-state index contributed by atoms with van der Waals surface area (Å²) in [6, 6.07) is 5.01. The van der Waals surface area contributed by atoms with Crippen molar-refractivity contribution in [1.29, 1.82) is 0 Å². The Morgan fingerprint density at radius 2 is 2.26 bits per heavy atom. The molecule has 7 heteroatoms. The number of rotatable bonds is 3. The van der Waals surface area contributed by atoms with Crippen LogP contribution >= 0.6 is 11.8 Å². The maximum Gasteiger partial charge on any atom is 1.00 e. The Kier molecular flexibility index (Phi) is 5.32. The number of benzene rings is 1. The average molecular weight is 289 g/mol. The third-order valence-electron chi connectivity index (χ3n) is 2.73. The summed E-state index contributed by atoms with van der Waals surface area (Å²) in [5.74, 6) is -0.625. The van der Waals surface area contributed by atoms with Gasteiger partial charge >= 0.3 is 29.6 Å². The van der Waals surface area contributed by atoms with Crippen LogP contribution in [-0.4, -0.2) is 34.5 Å². The molecule has 1 atom stereocenters. The number of phenols is 1. The van der Waals surface area contributed by atoms with Crippen LogP contribution in [0.1, 0.15) is 12.5 Å². The van der Waals surface area contributed by atoms with Gasteiger partial charge in [0.05, 0.1) is 18.6 Å². The fraction of sp³-hybridized carbons (Fsp3) is 0.333. The van der Waals surface area contributed by atoms with Gasteiger partial charge in [0, 0.05) is 5.75 Å². The number of aliphatic imine (C=N–C) groups is 1. The number of ether oxygens (including phenoxy) is 1. The molecule has 2 rings (SSSR count). The van der Waals surface area contributed by atoms with Crippen LogP contribution in [0, 0.1) is 0 Å². The first-order chi connectivity index (χ1) is 8.48. The number of aromatic hydroxyl groups is 1. The fourth-order valence-electron chi connectivity index (χ4n) is 1.60. The zero-order valence-corrected chi connectivity index (χ0v) is 13.8. The number of phenolic OH excluding ortho intramolecular Hbond substituents is 1. The van der Waals surface area contributed by atoms with Gasteiger partial charge in [0.25, 0.3) is 0 Å². The summed E-state index contributed by atoms with van der Waals surface area (Å²) in [7, 11) is 1.45. The Hall–Kier alpha value is -0.690. The van der Waals surface area contributed by atoms with Crippen LogP contribution in [-0.2, 0) is 4.79 Å². The average Bonchev–Trinajstić information content (AvgIpc) is 2.73. The van der Waals surface area contributed by atoms with Gasteiger partial charge in [-0.05, 0) is 19.1 Å². The summed E-state index contributed by atoms with van der Waals surface area (Å²) in [5, 5.41) is 21.4. The molecule has 0 aromatic heterocycles. The second-order valence-electron chi connectivity index (χ2n) is 4.12. The molecule has 0 fully saturated rings. The molecule has 0 saturated carbocycles. The van der Waals surface area contributed by atoms with Crippen LogP contribution < -0.4 is 39.4 Å². The first-order valence-electron chi connectivity index (χ1n) is 5.28. The van der Waals surface area contributed by atoms with Crippen LogP contribution in [0.15, 0.2) is 23.2 Å². The fourth-order valence-corrected chi connectivity index (χ4v) is 2.79. The minimum atomic E-state index is -1.24. The van der Waals surface area contributed by atoms with Crippen LogP contribution in [0.2, 0.25) is 0 Å². The van der Waals surface area contributed by atoms with Crippen molar-refractivity contribution in [3.8, 4) is 11.5 Å². The van der Waals surface area contributed by atoms with Crippen LogP contribution in [0.4, 0.5) is 0 Å². The van der Waals surface area contributed by atoms with Gasteiger partial charge in [-0.1, -0.05) is 6.07 Å². The number of methoxy groups -OCH3 is 1. The van der Waals surface area contributed by atoms with E-state index in [-0.39, 0.29) is 35.3 Å². The van der Waals surface area contributed by atoms with Crippen LogP contribution in [0.5, 0.6) is 11.5 Å². The van der Waals surface area contributed by atoms with Gasteiger partial charge in [-0.15, -0.1) is 11.8 Å². The van der Waals surface area contributed by atoms with E-state index in [1.807, 2.05) is 0 Å². The number of hydrogen-bond acceptors (Lipinski definition) is 6. The molecule has 1 heterocycles. The molecule has 5 nitrogen and oxygen atoms in total. The Balaban J connectivity index is 0.00000180. The van der Waals surface area contributed by atoms with Crippen molar-refractivity contribution >= 4 is 22.8 Å². The molecule has 96 valence electrons. The predicted molar refractivity (Wildman–Crippen MR) is 67.1 cm³/mol. The second kappa shape index (κ2) is 6.17. The van der Waals surface area contributed by atoms with E-state index in [9.17, 15) is 15.0 Å². The van der Waals surface area contributed by atoms with E-state index in [1.54, 1.807) is 18.2 Å². The molecule has 0 bridgehead atoms. The molecule has 0 spiro atoms. The van der Waals surface area contributed by atoms with E-state index < -0.39 is 11.5 Å². The molecule has 1 N–H and O–H groups in total. The number of thioether (sulfide) groups is 1. The molecule has 0 aliphatic carbocycles. The number of aliphatic carboxylic acids is 1. The molecule has 0 unspecified atom stereocenters. The monoisotopic (exact) mass is 289 g/mol. The van der Waals surface area contributed by atoms with E-state index in [2.05, 4.69) is 4.99 Å². The first kappa shape index (κ1) is 16.4. The van der Waals surface area contributed by atoms with Crippen LogP contribution in [0.3, 0.4) is 0 Å². The third kappa shape index (κ3) is 3.08. The zero-order chi connectivity index (χ0) is 13.3. The number of carboxylic acids is 1. The Bertz CT molecular complexity index is 534. The SMILES string of the molecule is COc1cccc(C2=N[C@@](C)(C(=O)[O-])CS2)c1O.[Na+]. The van der Waals surface area contributed by atoms with Crippen molar-refractivity contribution in [3.05, 3.63) is 23.8 Å². The van der Waals surface area contributed by atoms with Crippen molar-refractivity contribution in [3.63, 3.8) is 0 Å². The summed E-state index contributed by atoms with van der Waals surface area (Å²) in [5.41, 5.74) is -0.764. The quantitative estimate of drug-likeness (QED) is 0.617. The number of nitrogens with zero attached hydrogens (tertiary/aromatic N) is 1. The molecule has 1 aromatic rings. The molecule has 19 heavy (non-hydrogen) atoms. The topological polar surface area (TPSA) is 82.0 Å². The van der Waals surface area contributed by atoms with E-state index in [0.717, 1.165) is 0 Å². The smallest absolute Gasteiger partial charge is 0.547 e. The van der Waals surface area contributed by atoms with Gasteiger partial charge < -0.3 is 19.7 Å². The van der Waals surface area contributed by atoms with E-state index in [4.69, 9.17) is 4.74 Å². The molecule has 0 radical (unpaired) electrons. The molecule has 0 saturated heterocycles. The summed E-state index contributed by atoms with van der Waals surface area (Å²) in [6.07, 6.45) is 0. The van der Waals surface area contributed by atoms with Gasteiger partial charge in [-0.25, -0.2) is 0 Å². The van der Waals surface area contributed by atoms with Gasteiger partial charge in [0.15, 0.2) is 11.5 Å². The number of para-hydroxylation sites is 1. The van der Waals surface area contributed by atoms with E-state index >= 15 is 0 Å². The Morgan fingerprint density at radius 3 is 2.79 bits per heavy atom. The predicted octanol–water partition coefficient (Wildman–Crippen LogP) is -2.59. The third-order valence-corrected chi connectivity index (χ3v) is 4.02. The van der Waals surface area contributed by atoms with Crippen molar-refractivity contribution in [2.24, 2.45) is 4.99 Å². The normalized spacial score (nSPS) is 21.5. The van der Waals surface area contributed by atoms with Crippen molar-refractivity contribution in [1.82, 2.24) is 0 Å².